The number of nitrogens with zero attached hydrogens (tertiary/aromatic N) is 4. The SMILES string of the molecule is CN1CCC(Nc2cccc(C(=O)N[C@@H]3CCOc4cccc(F)c43)c2)(c2nc(-c3ccncc3)n[nH]2)CC1. The van der Waals surface area contributed by atoms with Gasteiger partial charge in [0, 0.05) is 48.7 Å². The van der Waals surface area contributed by atoms with Gasteiger partial charge in [0.05, 0.1) is 23.8 Å². The maximum atomic E-state index is 14.6. The molecule has 3 N–H and O–H groups in total. The Balaban J connectivity index is 1.25. The van der Waals surface area contributed by atoms with Gasteiger partial charge in [-0.15, -0.1) is 0 Å². The van der Waals surface area contributed by atoms with Crippen LogP contribution in [0.4, 0.5) is 10.1 Å². The molecular weight excluding hydrogens is 497 g/mol. The van der Waals surface area contributed by atoms with Crippen molar-refractivity contribution in [2.24, 2.45) is 0 Å². The number of piperidine rings is 1. The van der Waals surface area contributed by atoms with Gasteiger partial charge < -0.3 is 20.3 Å². The summed E-state index contributed by atoms with van der Waals surface area (Å²) in [7, 11) is 2.11. The first-order chi connectivity index (χ1) is 19.0. The number of amides is 1. The van der Waals surface area contributed by atoms with Gasteiger partial charge in [-0.1, -0.05) is 12.1 Å². The minimum atomic E-state index is -0.483. The number of carbonyl (C=O) groups excluding carboxylic acids is 1. The van der Waals surface area contributed by atoms with Crippen LogP contribution in [0, 0.1) is 5.82 Å². The number of nitrogens with one attached hydrogen (secondary N) is 3. The molecule has 0 unspecified atom stereocenters. The van der Waals surface area contributed by atoms with Crippen molar-refractivity contribution < 1.29 is 13.9 Å². The zero-order valence-electron chi connectivity index (χ0n) is 21.7. The van der Waals surface area contributed by atoms with E-state index in [-0.39, 0.29) is 11.7 Å². The van der Waals surface area contributed by atoms with Crippen molar-refractivity contribution in [2.75, 3.05) is 32.1 Å². The highest BCUT2D eigenvalue weighted by Crippen LogP contribution is 2.36. The lowest BCUT2D eigenvalue weighted by Gasteiger charge is -2.40. The number of fused-ring (bicyclic) bond motifs is 1. The molecule has 2 aliphatic rings. The van der Waals surface area contributed by atoms with Gasteiger partial charge in [0.1, 0.15) is 11.6 Å². The van der Waals surface area contributed by atoms with Crippen molar-refractivity contribution in [3.05, 3.63) is 89.8 Å². The summed E-state index contributed by atoms with van der Waals surface area (Å²) in [5.41, 5.74) is 2.09. The van der Waals surface area contributed by atoms with E-state index in [0.29, 0.717) is 35.7 Å². The lowest BCUT2D eigenvalue weighted by atomic mass is 9.86. The van der Waals surface area contributed by atoms with Crippen molar-refractivity contribution >= 4 is 11.6 Å². The molecule has 0 saturated carbocycles. The largest absolute Gasteiger partial charge is 0.493 e. The Morgan fingerprint density at radius 1 is 1.13 bits per heavy atom. The monoisotopic (exact) mass is 527 g/mol. The maximum Gasteiger partial charge on any atom is 0.251 e. The van der Waals surface area contributed by atoms with E-state index >= 15 is 0 Å². The van der Waals surface area contributed by atoms with Gasteiger partial charge in [0.15, 0.2) is 11.6 Å². The van der Waals surface area contributed by atoms with E-state index < -0.39 is 11.6 Å². The molecule has 0 radical (unpaired) electrons. The summed E-state index contributed by atoms with van der Waals surface area (Å²) in [6, 6.07) is 15.4. The molecule has 0 bridgehead atoms. The second kappa shape index (κ2) is 10.5. The lowest BCUT2D eigenvalue weighted by molar-refractivity contribution is 0.0923. The zero-order valence-corrected chi connectivity index (χ0v) is 21.7. The number of aromatic amines is 1. The highest BCUT2D eigenvalue weighted by Gasteiger charge is 2.39. The van der Waals surface area contributed by atoms with E-state index in [1.165, 1.54) is 6.07 Å². The summed E-state index contributed by atoms with van der Waals surface area (Å²) < 4.78 is 20.2. The number of pyridine rings is 1. The first-order valence-corrected chi connectivity index (χ1v) is 13.1. The number of halogens is 1. The van der Waals surface area contributed by atoms with E-state index in [4.69, 9.17) is 9.72 Å². The highest BCUT2D eigenvalue weighted by atomic mass is 19.1. The molecule has 200 valence electrons. The fourth-order valence-electron chi connectivity index (χ4n) is 5.34. The average molecular weight is 528 g/mol. The minimum absolute atomic E-state index is 0.267. The van der Waals surface area contributed by atoms with Gasteiger partial charge >= 0.3 is 0 Å². The molecule has 1 atom stereocenters. The number of benzene rings is 2. The minimum Gasteiger partial charge on any atom is -0.493 e. The van der Waals surface area contributed by atoms with E-state index in [1.54, 1.807) is 30.6 Å². The molecule has 0 aliphatic carbocycles. The zero-order chi connectivity index (χ0) is 26.8. The van der Waals surface area contributed by atoms with E-state index in [2.05, 4.69) is 37.8 Å². The van der Waals surface area contributed by atoms with Gasteiger partial charge in [-0.05, 0) is 62.4 Å². The first-order valence-electron chi connectivity index (χ1n) is 13.1. The molecule has 1 fully saturated rings. The molecule has 2 aromatic carbocycles. The molecule has 4 aromatic rings. The summed E-state index contributed by atoms with van der Waals surface area (Å²) in [5, 5.41) is 14.3. The Kier molecular flexibility index (Phi) is 6.70. The third-order valence-corrected chi connectivity index (χ3v) is 7.56. The van der Waals surface area contributed by atoms with Crippen LogP contribution in [0.2, 0.25) is 0 Å². The lowest BCUT2D eigenvalue weighted by Crippen LogP contribution is -2.46. The molecule has 10 heteroatoms. The number of hydrogen-bond donors (Lipinski definition) is 3. The van der Waals surface area contributed by atoms with Crippen LogP contribution < -0.4 is 15.4 Å². The van der Waals surface area contributed by atoms with Crippen molar-refractivity contribution in [2.45, 2.75) is 30.8 Å². The smallest absolute Gasteiger partial charge is 0.251 e. The van der Waals surface area contributed by atoms with Gasteiger partial charge in [0.25, 0.3) is 5.91 Å². The standard InChI is InChI=1S/C29H30FN7O2/c1-37-15-11-29(12-16-37,28-33-26(35-36-28)19-8-13-31-14-9-19)34-21-5-2-4-20(18-21)27(38)32-23-10-17-39-24-7-3-6-22(30)25(23)24/h2-9,13-14,18,23,34H,10-12,15-17H2,1H3,(H,32,38)(H,33,35,36)/t23-/m1/s1. The van der Waals surface area contributed by atoms with Gasteiger partial charge in [-0.3, -0.25) is 14.9 Å². The van der Waals surface area contributed by atoms with Crippen LogP contribution in [0.25, 0.3) is 11.4 Å². The van der Waals surface area contributed by atoms with Crippen molar-refractivity contribution in [1.29, 1.82) is 0 Å². The number of hydrogen-bond acceptors (Lipinski definition) is 7. The molecule has 39 heavy (non-hydrogen) atoms. The highest BCUT2D eigenvalue weighted by molar-refractivity contribution is 5.95. The summed E-state index contributed by atoms with van der Waals surface area (Å²) in [4.78, 5) is 24.5. The summed E-state index contributed by atoms with van der Waals surface area (Å²) in [5.74, 6) is 1.20. The van der Waals surface area contributed by atoms with Crippen LogP contribution in [0.1, 0.15) is 47.1 Å². The third kappa shape index (κ3) is 5.07. The van der Waals surface area contributed by atoms with Crippen LogP contribution >= 0.6 is 0 Å². The topological polar surface area (TPSA) is 108 Å². The van der Waals surface area contributed by atoms with E-state index in [1.807, 2.05) is 30.3 Å². The number of carbonyl (C=O) groups is 1. The van der Waals surface area contributed by atoms with Crippen LogP contribution in [-0.2, 0) is 5.54 Å². The summed E-state index contributed by atoms with van der Waals surface area (Å²) in [6.07, 6.45) is 5.56. The molecule has 2 aliphatic heterocycles. The van der Waals surface area contributed by atoms with E-state index in [0.717, 1.165) is 43.0 Å². The molecule has 4 heterocycles. The van der Waals surface area contributed by atoms with Crippen LogP contribution in [-0.4, -0.2) is 57.7 Å². The molecule has 6 rings (SSSR count). The fraction of sp³-hybridized carbons (Fsp3) is 0.310. The Hall–Kier alpha value is -4.31. The number of anilines is 1. The number of rotatable bonds is 6. The third-order valence-electron chi connectivity index (χ3n) is 7.56. The Morgan fingerprint density at radius 2 is 1.92 bits per heavy atom. The molecule has 1 amide bonds. The second-order valence-corrected chi connectivity index (χ2v) is 10.1. The summed E-state index contributed by atoms with van der Waals surface area (Å²) >= 11 is 0. The van der Waals surface area contributed by atoms with Gasteiger partial charge in [-0.25, -0.2) is 9.37 Å². The number of aromatic nitrogens is 4. The number of H-pyrrole nitrogens is 1. The van der Waals surface area contributed by atoms with E-state index in [9.17, 15) is 9.18 Å². The Morgan fingerprint density at radius 3 is 2.74 bits per heavy atom. The average Bonchev–Trinajstić information content (AvgIpc) is 3.47. The second-order valence-electron chi connectivity index (χ2n) is 10.1. The van der Waals surface area contributed by atoms with Crippen LogP contribution in [0.3, 0.4) is 0 Å². The van der Waals surface area contributed by atoms with Crippen LogP contribution in [0.5, 0.6) is 5.75 Å². The van der Waals surface area contributed by atoms with Crippen molar-refractivity contribution in [3.8, 4) is 17.1 Å². The van der Waals surface area contributed by atoms with Gasteiger partial charge in [0.2, 0.25) is 0 Å². The van der Waals surface area contributed by atoms with Gasteiger partial charge in [-0.2, -0.15) is 5.10 Å². The van der Waals surface area contributed by atoms with Crippen molar-refractivity contribution in [1.82, 2.24) is 30.4 Å². The summed E-state index contributed by atoms with van der Waals surface area (Å²) in [6.45, 7) is 2.18. The number of ether oxygens (including phenoxy) is 1. The normalized spacial score (nSPS) is 18.6. The molecule has 9 nitrogen and oxygen atoms in total. The fourth-order valence-corrected chi connectivity index (χ4v) is 5.34. The Bertz CT molecular complexity index is 1470. The maximum absolute atomic E-state index is 14.6. The van der Waals surface area contributed by atoms with Crippen LogP contribution in [0.15, 0.2) is 67.0 Å². The quantitative estimate of drug-likeness (QED) is 0.343. The first kappa shape index (κ1) is 25.0. The molecular formula is C29H30FN7O2. The molecule has 1 saturated heterocycles. The molecule has 2 aromatic heterocycles. The number of likely N-dealkylation sites (tertiary alicyclic amines) is 1. The Labute approximate surface area is 225 Å². The van der Waals surface area contributed by atoms with Crippen molar-refractivity contribution in [3.63, 3.8) is 0 Å². The predicted molar refractivity (Wildman–Crippen MR) is 145 cm³/mol. The predicted octanol–water partition coefficient (Wildman–Crippen LogP) is 4.29. The molecule has 0 spiro atoms.